The fourth-order valence-corrected chi connectivity index (χ4v) is 4.65. The van der Waals surface area contributed by atoms with E-state index in [1.165, 1.54) is 12.3 Å². The van der Waals surface area contributed by atoms with Gasteiger partial charge >= 0.3 is 0 Å². The van der Waals surface area contributed by atoms with E-state index in [-0.39, 0.29) is 18.0 Å². The highest BCUT2D eigenvalue weighted by molar-refractivity contribution is 6.33. The lowest BCUT2D eigenvalue weighted by Gasteiger charge is -2.17. The maximum atomic E-state index is 14.5. The summed E-state index contributed by atoms with van der Waals surface area (Å²) in [5, 5.41) is 17.0. The molecule has 0 radical (unpaired) electrons. The lowest BCUT2D eigenvalue weighted by Crippen LogP contribution is -2.23. The third-order valence-corrected chi connectivity index (χ3v) is 6.28. The number of benzene rings is 1. The number of hydrogen-bond donors (Lipinski definition) is 2. The zero-order valence-electron chi connectivity index (χ0n) is 21.1. The molecule has 0 bridgehead atoms. The quantitative estimate of drug-likeness (QED) is 0.402. The van der Waals surface area contributed by atoms with E-state index in [4.69, 9.17) is 16.3 Å². The summed E-state index contributed by atoms with van der Waals surface area (Å²) in [4.78, 5) is 12.7. The van der Waals surface area contributed by atoms with Crippen molar-refractivity contribution in [1.82, 2.24) is 29.3 Å². The first-order chi connectivity index (χ1) is 17.2. The zero-order chi connectivity index (χ0) is 26.0. The van der Waals surface area contributed by atoms with E-state index < -0.39 is 0 Å². The summed E-state index contributed by atoms with van der Waals surface area (Å²) >= 11 is 6.20. The molecule has 0 amide bonds. The van der Waals surface area contributed by atoms with Gasteiger partial charge in [0.05, 0.1) is 40.8 Å². The number of nitrogens with one attached hydrogen (secondary N) is 1. The summed E-state index contributed by atoms with van der Waals surface area (Å²) in [6, 6.07) is 5.45. The second-order valence-electron chi connectivity index (χ2n) is 9.02. The maximum absolute atomic E-state index is 14.5. The van der Waals surface area contributed by atoms with Crippen LogP contribution in [0.3, 0.4) is 0 Å². The Morgan fingerprint density at radius 2 is 2.06 bits per heavy atom. The van der Waals surface area contributed by atoms with Crippen molar-refractivity contribution in [2.24, 2.45) is 0 Å². The van der Waals surface area contributed by atoms with Crippen LogP contribution in [0.2, 0.25) is 5.02 Å². The molecule has 11 heteroatoms. The molecule has 0 fully saturated rings. The largest absolute Gasteiger partial charge is 0.393 e. The number of ether oxygens (including phenoxy) is 1. The molecule has 4 heterocycles. The van der Waals surface area contributed by atoms with Gasteiger partial charge in [-0.3, -0.25) is 4.68 Å². The Morgan fingerprint density at radius 1 is 1.28 bits per heavy atom. The van der Waals surface area contributed by atoms with Crippen molar-refractivity contribution >= 4 is 28.6 Å². The second-order valence-corrected chi connectivity index (χ2v) is 9.43. The van der Waals surface area contributed by atoms with Gasteiger partial charge in [-0.1, -0.05) is 11.6 Å². The first-order valence-corrected chi connectivity index (χ1v) is 12.2. The number of imidazole rings is 1. The predicted octanol–water partition coefficient (Wildman–Crippen LogP) is 4.55. The van der Waals surface area contributed by atoms with Gasteiger partial charge in [0, 0.05) is 44.4 Å². The maximum Gasteiger partial charge on any atom is 0.223 e. The van der Waals surface area contributed by atoms with Crippen LogP contribution in [0.4, 0.5) is 10.3 Å². The van der Waals surface area contributed by atoms with Crippen LogP contribution in [0, 0.1) is 12.7 Å². The van der Waals surface area contributed by atoms with Crippen molar-refractivity contribution in [2.75, 3.05) is 19.5 Å². The van der Waals surface area contributed by atoms with Crippen molar-refractivity contribution in [2.45, 2.75) is 58.9 Å². The van der Waals surface area contributed by atoms with E-state index in [2.05, 4.69) is 25.4 Å². The SMILES string of the molecule is CNc1ncc(Cl)c(-c2cc(F)c3nc(C)n(C(C)C)c3c2)n1.COCc1cc2n(n1)CCC(O)C2. The molecule has 9 nitrogen and oxygen atoms in total. The highest BCUT2D eigenvalue weighted by Crippen LogP contribution is 2.32. The Labute approximate surface area is 214 Å². The topological polar surface area (TPSA) is 103 Å². The number of hydrogen-bond acceptors (Lipinski definition) is 7. The Morgan fingerprint density at radius 3 is 2.75 bits per heavy atom. The number of rotatable bonds is 5. The average molecular weight is 516 g/mol. The number of aliphatic hydroxyl groups is 1. The van der Waals surface area contributed by atoms with Crippen molar-refractivity contribution in [3.05, 3.63) is 52.4 Å². The van der Waals surface area contributed by atoms with Gasteiger partial charge in [-0.15, -0.1) is 0 Å². The molecule has 0 aliphatic carbocycles. The molecule has 36 heavy (non-hydrogen) atoms. The van der Waals surface area contributed by atoms with Crippen molar-refractivity contribution < 1.29 is 14.2 Å². The molecule has 3 aromatic heterocycles. The Balaban J connectivity index is 0.000000197. The molecule has 0 saturated heterocycles. The normalized spacial score (nSPS) is 15.1. The number of aryl methyl sites for hydroxylation is 2. The Kier molecular flexibility index (Phi) is 7.87. The molecule has 4 aromatic rings. The lowest BCUT2D eigenvalue weighted by atomic mass is 10.1. The monoisotopic (exact) mass is 515 g/mol. The zero-order valence-corrected chi connectivity index (χ0v) is 21.8. The standard InChI is InChI=1S/C16H17ClFN5.C9H14N2O2/c1-8(2)23-9(3)21-15-12(18)5-10(6-13(15)23)14-11(17)7-20-16(19-4)22-14;1-13-6-7-4-8-5-9(12)2-3-11(8)10-7/h5-8H,1-4H3,(H,19,20,22);4,9,12H,2-3,5-6H2,1H3. The van der Waals surface area contributed by atoms with E-state index in [9.17, 15) is 9.50 Å². The van der Waals surface area contributed by atoms with Gasteiger partial charge in [-0.2, -0.15) is 5.10 Å². The molecule has 0 saturated carbocycles. The van der Waals surface area contributed by atoms with Crippen LogP contribution in [0.1, 0.15) is 43.5 Å². The van der Waals surface area contributed by atoms with Crippen LogP contribution in [0.15, 0.2) is 24.4 Å². The molecule has 1 aromatic carbocycles. The number of halogens is 2. The van der Waals surface area contributed by atoms with Gasteiger partial charge in [-0.05, 0) is 45.4 Å². The second kappa shape index (κ2) is 10.9. The molecule has 5 rings (SSSR count). The van der Waals surface area contributed by atoms with Crippen molar-refractivity contribution in [1.29, 1.82) is 0 Å². The Bertz CT molecular complexity index is 1370. The number of fused-ring (bicyclic) bond motifs is 2. The summed E-state index contributed by atoms with van der Waals surface area (Å²) < 4.78 is 23.5. The molecule has 192 valence electrons. The van der Waals surface area contributed by atoms with Crippen LogP contribution in [0.5, 0.6) is 0 Å². The number of nitrogens with zero attached hydrogens (tertiary/aromatic N) is 6. The molecule has 1 atom stereocenters. The first-order valence-electron chi connectivity index (χ1n) is 11.8. The van der Waals surface area contributed by atoms with E-state index in [1.807, 2.05) is 42.2 Å². The van der Waals surface area contributed by atoms with Crippen LogP contribution in [-0.4, -0.2) is 54.7 Å². The van der Waals surface area contributed by atoms with E-state index in [0.29, 0.717) is 34.4 Å². The molecule has 1 unspecified atom stereocenters. The van der Waals surface area contributed by atoms with E-state index in [1.54, 1.807) is 14.2 Å². The summed E-state index contributed by atoms with van der Waals surface area (Å²) in [5.74, 6) is 0.815. The summed E-state index contributed by atoms with van der Waals surface area (Å²) in [6.07, 6.45) is 2.83. The third-order valence-electron chi connectivity index (χ3n) is 6.01. The predicted molar refractivity (Wildman–Crippen MR) is 138 cm³/mol. The third kappa shape index (κ3) is 5.35. The minimum Gasteiger partial charge on any atom is -0.393 e. The van der Waals surface area contributed by atoms with Crippen LogP contribution < -0.4 is 5.32 Å². The van der Waals surface area contributed by atoms with Crippen molar-refractivity contribution in [3.63, 3.8) is 0 Å². The van der Waals surface area contributed by atoms with Crippen LogP contribution in [0.25, 0.3) is 22.3 Å². The van der Waals surface area contributed by atoms with Gasteiger partial charge in [0.25, 0.3) is 0 Å². The summed E-state index contributed by atoms with van der Waals surface area (Å²) in [5.41, 5.74) is 4.24. The summed E-state index contributed by atoms with van der Waals surface area (Å²) in [6.45, 7) is 7.32. The van der Waals surface area contributed by atoms with Gasteiger partial charge in [-0.25, -0.2) is 19.3 Å². The average Bonchev–Trinajstić information content (AvgIpc) is 3.39. The van der Waals surface area contributed by atoms with Gasteiger partial charge in [0.15, 0.2) is 5.82 Å². The van der Waals surface area contributed by atoms with E-state index in [0.717, 1.165) is 42.1 Å². The molecule has 1 aliphatic heterocycles. The molecular formula is C25H31ClFN7O2. The van der Waals surface area contributed by atoms with Crippen LogP contribution >= 0.6 is 11.6 Å². The van der Waals surface area contributed by atoms with E-state index >= 15 is 0 Å². The minimum absolute atomic E-state index is 0.170. The number of methoxy groups -OCH3 is 1. The highest BCUT2D eigenvalue weighted by atomic mass is 35.5. The number of anilines is 1. The number of aliphatic hydroxyl groups excluding tert-OH is 1. The number of aromatic nitrogens is 6. The minimum atomic E-state index is -0.388. The van der Waals surface area contributed by atoms with Gasteiger partial charge in [0.1, 0.15) is 11.3 Å². The van der Waals surface area contributed by atoms with Crippen LogP contribution in [-0.2, 0) is 24.3 Å². The molecular weight excluding hydrogens is 485 g/mol. The van der Waals surface area contributed by atoms with Gasteiger partial charge in [0.2, 0.25) is 5.95 Å². The lowest BCUT2D eigenvalue weighted by molar-refractivity contribution is 0.139. The molecule has 2 N–H and O–H groups in total. The van der Waals surface area contributed by atoms with Crippen molar-refractivity contribution in [3.8, 4) is 11.3 Å². The van der Waals surface area contributed by atoms with Gasteiger partial charge < -0.3 is 19.7 Å². The Hall–Kier alpha value is -3.08. The molecule has 1 aliphatic rings. The summed E-state index contributed by atoms with van der Waals surface area (Å²) in [7, 11) is 3.38. The molecule has 0 spiro atoms. The fourth-order valence-electron chi connectivity index (χ4n) is 4.45. The first kappa shape index (κ1) is 26.0. The fraction of sp³-hybridized carbons (Fsp3) is 0.440. The highest BCUT2D eigenvalue weighted by Gasteiger charge is 2.19. The smallest absolute Gasteiger partial charge is 0.223 e.